The Morgan fingerprint density at radius 2 is 2.06 bits per heavy atom. The Balaban J connectivity index is 1.91. The molecule has 4 heteroatoms. The Hall–Kier alpha value is -0.900. The first-order valence-electron chi connectivity index (χ1n) is 5.13. The van der Waals surface area contributed by atoms with E-state index in [0.29, 0.717) is 6.04 Å². The van der Waals surface area contributed by atoms with E-state index in [2.05, 4.69) is 23.3 Å². The van der Waals surface area contributed by atoms with Gasteiger partial charge in [-0.1, -0.05) is 11.6 Å². The van der Waals surface area contributed by atoms with Crippen LogP contribution < -0.4 is 5.32 Å². The van der Waals surface area contributed by atoms with E-state index in [1.165, 1.54) is 10.4 Å². The lowest BCUT2D eigenvalue weighted by molar-refractivity contribution is 0.578. The minimum absolute atomic E-state index is 0.323. The molecule has 0 spiro atoms. The zero-order valence-corrected chi connectivity index (χ0v) is 10.6. The third-order valence-electron chi connectivity index (χ3n) is 2.42. The molecule has 0 saturated carbocycles. The zero-order valence-electron chi connectivity index (χ0n) is 8.98. The Kier molecular flexibility index (Phi) is 3.93. The van der Waals surface area contributed by atoms with Crippen LogP contribution in [0.4, 0.5) is 0 Å². The van der Waals surface area contributed by atoms with Gasteiger partial charge >= 0.3 is 0 Å². The number of thiophene rings is 1. The van der Waals surface area contributed by atoms with Crippen LogP contribution in [0.5, 0.6) is 0 Å². The second kappa shape index (κ2) is 5.43. The van der Waals surface area contributed by atoms with E-state index < -0.39 is 0 Å². The maximum Gasteiger partial charge on any atom is 0.0931 e. The number of pyridine rings is 1. The minimum Gasteiger partial charge on any atom is -0.305 e. The molecule has 0 aliphatic heterocycles. The van der Waals surface area contributed by atoms with Gasteiger partial charge in [-0.15, -0.1) is 11.3 Å². The van der Waals surface area contributed by atoms with Gasteiger partial charge in [-0.05, 0) is 36.8 Å². The summed E-state index contributed by atoms with van der Waals surface area (Å²) < 4.78 is 0.841. The highest BCUT2D eigenvalue weighted by Gasteiger charge is 2.05. The molecule has 0 unspecified atom stereocenters. The third-order valence-corrected chi connectivity index (χ3v) is 3.65. The van der Waals surface area contributed by atoms with Gasteiger partial charge < -0.3 is 5.32 Å². The van der Waals surface area contributed by atoms with Crippen molar-refractivity contribution in [2.24, 2.45) is 0 Å². The first-order valence-corrected chi connectivity index (χ1v) is 6.32. The van der Waals surface area contributed by atoms with Crippen molar-refractivity contribution in [2.45, 2.75) is 19.5 Å². The van der Waals surface area contributed by atoms with Crippen LogP contribution in [0.1, 0.15) is 23.4 Å². The van der Waals surface area contributed by atoms with Crippen molar-refractivity contribution >= 4 is 22.9 Å². The number of nitrogens with zero attached hydrogens (tertiary/aromatic N) is 1. The minimum atomic E-state index is 0.323. The summed E-state index contributed by atoms with van der Waals surface area (Å²) in [6.45, 7) is 2.99. The summed E-state index contributed by atoms with van der Waals surface area (Å²) in [6, 6.07) is 8.36. The van der Waals surface area contributed by atoms with Gasteiger partial charge in [-0.25, -0.2) is 0 Å². The molecule has 84 valence electrons. The molecule has 1 N–H and O–H groups in total. The van der Waals surface area contributed by atoms with Gasteiger partial charge in [-0.2, -0.15) is 0 Å². The zero-order chi connectivity index (χ0) is 11.4. The predicted molar refractivity (Wildman–Crippen MR) is 68.8 cm³/mol. The van der Waals surface area contributed by atoms with E-state index in [4.69, 9.17) is 11.6 Å². The van der Waals surface area contributed by atoms with Crippen molar-refractivity contribution in [2.75, 3.05) is 0 Å². The van der Waals surface area contributed by atoms with Crippen LogP contribution in [0, 0.1) is 0 Å². The topological polar surface area (TPSA) is 24.9 Å². The van der Waals surface area contributed by atoms with E-state index in [9.17, 15) is 0 Å². The van der Waals surface area contributed by atoms with Crippen LogP contribution in [-0.2, 0) is 6.54 Å². The molecule has 2 aromatic rings. The summed E-state index contributed by atoms with van der Waals surface area (Å²) in [6.07, 6.45) is 3.63. The highest BCUT2D eigenvalue weighted by Crippen LogP contribution is 2.22. The van der Waals surface area contributed by atoms with Crippen molar-refractivity contribution in [3.8, 4) is 0 Å². The number of nitrogens with one attached hydrogen (secondary N) is 1. The summed E-state index contributed by atoms with van der Waals surface area (Å²) in [5, 5.41) is 3.45. The molecule has 2 heterocycles. The molecule has 2 aromatic heterocycles. The van der Waals surface area contributed by atoms with Crippen LogP contribution in [-0.4, -0.2) is 4.98 Å². The number of hydrogen-bond donors (Lipinski definition) is 1. The fourth-order valence-corrected chi connectivity index (χ4v) is 2.51. The quantitative estimate of drug-likeness (QED) is 0.899. The van der Waals surface area contributed by atoms with Crippen molar-refractivity contribution < 1.29 is 0 Å². The van der Waals surface area contributed by atoms with Gasteiger partial charge in [0, 0.05) is 29.9 Å². The number of aromatic nitrogens is 1. The fourth-order valence-electron chi connectivity index (χ4n) is 1.47. The van der Waals surface area contributed by atoms with Crippen molar-refractivity contribution in [3.05, 3.63) is 51.4 Å². The van der Waals surface area contributed by atoms with E-state index in [0.717, 1.165) is 10.9 Å². The number of halogens is 1. The van der Waals surface area contributed by atoms with Gasteiger partial charge in [0.2, 0.25) is 0 Å². The Bertz CT molecular complexity index is 441. The third kappa shape index (κ3) is 3.04. The van der Waals surface area contributed by atoms with E-state index in [1.54, 1.807) is 11.3 Å². The molecule has 16 heavy (non-hydrogen) atoms. The molecule has 0 radical (unpaired) electrons. The average molecular weight is 253 g/mol. The molecule has 0 saturated heterocycles. The second-order valence-corrected chi connectivity index (χ2v) is 5.39. The van der Waals surface area contributed by atoms with E-state index >= 15 is 0 Å². The second-order valence-electron chi connectivity index (χ2n) is 3.59. The highest BCUT2D eigenvalue weighted by molar-refractivity contribution is 7.16. The van der Waals surface area contributed by atoms with Crippen LogP contribution in [0.15, 0.2) is 36.7 Å². The Morgan fingerprint density at radius 1 is 1.31 bits per heavy atom. The number of rotatable bonds is 4. The fraction of sp³-hybridized carbons (Fsp3) is 0.250. The van der Waals surface area contributed by atoms with Gasteiger partial charge in [-0.3, -0.25) is 4.98 Å². The van der Waals surface area contributed by atoms with Crippen molar-refractivity contribution in [3.63, 3.8) is 0 Å². The summed E-state index contributed by atoms with van der Waals surface area (Å²) >= 11 is 7.49. The lowest BCUT2D eigenvalue weighted by atomic mass is 10.1. The normalized spacial score (nSPS) is 12.6. The average Bonchev–Trinajstić information content (AvgIpc) is 2.73. The van der Waals surface area contributed by atoms with Gasteiger partial charge in [0.1, 0.15) is 0 Å². The lowest BCUT2D eigenvalue weighted by Crippen LogP contribution is -2.17. The van der Waals surface area contributed by atoms with Gasteiger partial charge in [0.25, 0.3) is 0 Å². The lowest BCUT2D eigenvalue weighted by Gasteiger charge is -2.12. The van der Waals surface area contributed by atoms with E-state index in [1.807, 2.05) is 30.6 Å². The first-order chi connectivity index (χ1) is 7.75. The van der Waals surface area contributed by atoms with Gasteiger partial charge in [0.05, 0.1) is 4.34 Å². The largest absolute Gasteiger partial charge is 0.305 e. The highest BCUT2D eigenvalue weighted by atomic mass is 35.5. The van der Waals surface area contributed by atoms with Crippen molar-refractivity contribution in [1.82, 2.24) is 10.3 Å². The predicted octanol–water partition coefficient (Wildman–Crippen LogP) is 3.65. The Labute approximate surface area is 104 Å². The molecule has 0 bridgehead atoms. The summed E-state index contributed by atoms with van der Waals surface area (Å²) in [4.78, 5) is 5.26. The molecular formula is C12H13ClN2S. The number of hydrogen-bond acceptors (Lipinski definition) is 3. The van der Waals surface area contributed by atoms with Crippen LogP contribution in [0.25, 0.3) is 0 Å². The van der Waals surface area contributed by atoms with E-state index in [-0.39, 0.29) is 0 Å². The molecule has 0 aromatic carbocycles. The molecule has 2 nitrogen and oxygen atoms in total. The monoisotopic (exact) mass is 252 g/mol. The van der Waals surface area contributed by atoms with Crippen LogP contribution in [0.3, 0.4) is 0 Å². The first kappa shape index (κ1) is 11.6. The molecular weight excluding hydrogens is 240 g/mol. The van der Waals surface area contributed by atoms with Crippen LogP contribution in [0.2, 0.25) is 4.34 Å². The standard InChI is InChI=1S/C12H13ClN2S/c1-9(10-4-6-14-7-5-10)15-8-11-2-3-12(13)16-11/h2-7,9,15H,8H2,1H3/t9-/m0/s1. The molecule has 2 rings (SSSR count). The maximum atomic E-state index is 5.88. The molecule has 0 aliphatic rings. The molecule has 1 atom stereocenters. The maximum absolute atomic E-state index is 5.88. The summed E-state index contributed by atoms with van der Waals surface area (Å²) in [5.74, 6) is 0. The summed E-state index contributed by atoms with van der Waals surface area (Å²) in [7, 11) is 0. The molecule has 0 aliphatic carbocycles. The van der Waals surface area contributed by atoms with Crippen LogP contribution >= 0.6 is 22.9 Å². The smallest absolute Gasteiger partial charge is 0.0931 e. The SMILES string of the molecule is C[C@H](NCc1ccc(Cl)s1)c1ccncc1. The summed E-state index contributed by atoms with van der Waals surface area (Å²) in [5.41, 5.74) is 1.25. The van der Waals surface area contributed by atoms with Crippen molar-refractivity contribution in [1.29, 1.82) is 0 Å². The van der Waals surface area contributed by atoms with Gasteiger partial charge in [0.15, 0.2) is 0 Å². The Morgan fingerprint density at radius 3 is 2.69 bits per heavy atom. The molecule has 0 amide bonds. The molecule has 0 fully saturated rings.